The fourth-order valence-electron chi connectivity index (χ4n) is 6.12. The molecule has 0 saturated carbocycles. The maximum absolute atomic E-state index is 14.1. The third-order valence-corrected chi connectivity index (χ3v) is 11.5. The summed E-state index contributed by atoms with van der Waals surface area (Å²) in [5, 5.41) is 42.9. The van der Waals surface area contributed by atoms with E-state index in [0.29, 0.717) is 18.4 Å². The van der Waals surface area contributed by atoms with Crippen LogP contribution in [-0.4, -0.2) is 180 Å². The molecule has 1 aliphatic heterocycles. The molecule has 7 atom stereocenters. The number of benzene rings is 1. The SMILES string of the molecule is CCCC[C@@H]1NC(=O)[C@H](CS)NC(=O)[C@H](CC(=O)O)NC(=O)CSC[C@@H](C(=O)NCC(=O)NCCOC)NC(=O)[C@H](Cc2ccccc2)NC(=O)[C@H](CS)NC(=O)[C@H](CC(=O)O)NC(=O)CNC1=O. The number of thiol groups is 2. The monoisotopic (exact) mass is 1030 g/mol. The summed E-state index contributed by atoms with van der Waals surface area (Å²) in [5.74, 6) is -14.3. The summed E-state index contributed by atoms with van der Waals surface area (Å²) >= 11 is 9.03. The Morgan fingerprint density at radius 1 is 0.681 bits per heavy atom. The molecule has 69 heavy (non-hydrogen) atoms. The molecule has 10 amide bonds. The van der Waals surface area contributed by atoms with Crippen LogP contribution in [0.25, 0.3) is 0 Å². The number of hydrogen-bond acceptors (Lipinski definition) is 16. The van der Waals surface area contributed by atoms with Crippen molar-refractivity contribution in [1.29, 1.82) is 0 Å². The standard InChI is InChI=1S/C41H60N10O15S3/c1-3-4-10-23-35(59)44-17-31(53)45-25(14-33(55)56)38(62)50-28(19-68)41(65)48-24(13-22-8-6-5-7-9-22)37(61)51-29(36(60)43-16-30(52)42-11-12-66-2)20-69-21-32(54)46-26(15-34(57)58)39(63)49-27(18-67)40(64)47-23/h5-9,23-29,67-68H,3-4,10-21H2,1-2H3,(H,42,52)(H,43,60)(H,44,59)(H,45,53)(H,46,54)(H,47,64)(H,48,65)(H,49,63)(H,50,62)(H,51,61)(H,55,56)(H,57,58)/t23-,24-,25-,26-,27-,28-,29-/m0/s1. The van der Waals surface area contributed by atoms with E-state index in [1.54, 1.807) is 37.3 Å². The van der Waals surface area contributed by atoms with Crippen LogP contribution in [0.2, 0.25) is 0 Å². The maximum Gasteiger partial charge on any atom is 0.305 e. The fourth-order valence-corrected chi connectivity index (χ4v) is 7.49. The van der Waals surface area contributed by atoms with E-state index in [9.17, 15) is 67.7 Å². The van der Waals surface area contributed by atoms with Gasteiger partial charge in [0.2, 0.25) is 59.1 Å². The van der Waals surface area contributed by atoms with Crippen LogP contribution in [0.15, 0.2) is 30.3 Å². The van der Waals surface area contributed by atoms with Crippen molar-refractivity contribution < 1.29 is 72.5 Å². The highest BCUT2D eigenvalue weighted by Crippen LogP contribution is 2.10. The molecule has 1 aromatic rings. The molecule has 1 heterocycles. The van der Waals surface area contributed by atoms with E-state index < -0.39 is 151 Å². The summed E-state index contributed by atoms with van der Waals surface area (Å²) in [5.41, 5.74) is 0.522. The lowest BCUT2D eigenvalue weighted by Crippen LogP contribution is -2.60. The number of nitrogens with one attached hydrogen (secondary N) is 10. The van der Waals surface area contributed by atoms with Crippen molar-refractivity contribution in [1.82, 2.24) is 53.2 Å². The molecule has 382 valence electrons. The highest BCUT2D eigenvalue weighted by Gasteiger charge is 2.34. The second-order valence-corrected chi connectivity index (χ2v) is 17.0. The van der Waals surface area contributed by atoms with Gasteiger partial charge in [-0.2, -0.15) is 25.3 Å². The smallest absolute Gasteiger partial charge is 0.305 e. The summed E-state index contributed by atoms with van der Waals surface area (Å²) in [6.45, 7) is 0.697. The summed E-state index contributed by atoms with van der Waals surface area (Å²) in [6.07, 6.45) is -1.14. The number of unbranched alkanes of at least 4 members (excludes halogenated alkanes) is 1. The van der Waals surface area contributed by atoms with Gasteiger partial charge in [0.25, 0.3) is 0 Å². The van der Waals surface area contributed by atoms with Gasteiger partial charge < -0.3 is 68.1 Å². The van der Waals surface area contributed by atoms with Crippen molar-refractivity contribution >= 4 is 108 Å². The Hall–Kier alpha value is -6.13. The third-order valence-electron chi connectivity index (χ3n) is 9.71. The number of methoxy groups -OCH3 is 1. The number of hydrogen-bond donors (Lipinski definition) is 14. The highest BCUT2D eigenvalue weighted by atomic mass is 32.2. The molecule has 1 aromatic carbocycles. The molecule has 28 heteroatoms. The number of ether oxygens (including phenoxy) is 1. The van der Waals surface area contributed by atoms with Gasteiger partial charge >= 0.3 is 11.9 Å². The Balaban J connectivity index is 2.62. The zero-order chi connectivity index (χ0) is 51.5. The van der Waals surface area contributed by atoms with Crippen LogP contribution < -0.4 is 53.2 Å². The topological polar surface area (TPSA) is 375 Å². The van der Waals surface area contributed by atoms with Crippen molar-refractivity contribution in [3.63, 3.8) is 0 Å². The molecule has 0 aromatic heterocycles. The first-order chi connectivity index (χ1) is 32.8. The van der Waals surface area contributed by atoms with E-state index in [1.807, 2.05) is 0 Å². The van der Waals surface area contributed by atoms with Crippen LogP contribution in [0.5, 0.6) is 0 Å². The summed E-state index contributed by atoms with van der Waals surface area (Å²) in [7, 11) is 1.41. The molecule has 1 saturated heterocycles. The minimum absolute atomic E-state index is 0.0373. The Labute approximate surface area is 412 Å². The zero-order valence-corrected chi connectivity index (χ0v) is 40.4. The first kappa shape index (κ1) is 59.0. The third kappa shape index (κ3) is 22.7. The van der Waals surface area contributed by atoms with Gasteiger partial charge in [-0.1, -0.05) is 50.1 Å². The van der Waals surface area contributed by atoms with E-state index in [1.165, 1.54) is 7.11 Å². The molecule has 0 unspecified atom stereocenters. The van der Waals surface area contributed by atoms with Gasteiger partial charge in [0.1, 0.15) is 42.3 Å². The molecule has 1 aliphatic rings. The lowest BCUT2D eigenvalue weighted by Gasteiger charge is -2.26. The average Bonchev–Trinajstić information content (AvgIpc) is 3.30. The first-order valence-electron chi connectivity index (χ1n) is 21.5. The number of aliphatic carboxylic acids is 2. The Morgan fingerprint density at radius 2 is 1.20 bits per heavy atom. The predicted molar refractivity (Wildman–Crippen MR) is 254 cm³/mol. The van der Waals surface area contributed by atoms with Crippen molar-refractivity contribution in [3.05, 3.63) is 35.9 Å². The maximum atomic E-state index is 14.1. The molecule has 0 bridgehead atoms. The molecule has 0 radical (unpaired) electrons. The number of amides is 10. The van der Waals surface area contributed by atoms with E-state index >= 15 is 0 Å². The minimum Gasteiger partial charge on any atom is -0.481 e. The number of carbonyl (C=O) groups is 12. The molecule has 0 aliphatic carbocycles. The molecular weight excluding hydrogens is 969 g/mol. The largest absolute Gasteiger partial charge is 0.481 e. The van der Waals surface area contributed by atoms with Gasteiger partial charge in [0.05, 0.1) is 38.3 Å². The molecule has 0 spiro atoms. The lowest BCUT2D eigenvalue weighted by atomic mass is 10.0. The van der Waals surface area contributed by atoms with Crippen molar-refractivity contribution in [3.8, 4) is 0 Å². The van der Waals surface area contributed by atoms with Crippen LogP contribution in [0.1, 0.15) is 44.6 Å². The van der Waals surface area contributed by atoms with Gasteiger partial charge in [-0.05, 0) is 12.0 Å². The van der Waals surface area contributed by atoms with Gasteiger partial charge in [-0.3, -0.25) is 57.5 Å². The molecule has 12 N–H and O–H groups in total. The fraction of sp³-hybridized carbons (Fsp3) is 0.561. The van der Waals surface area contributed by atoms with Crippen LogP contribution in [-0.2, 0) is 68.7 Å². The van der Waals surface area contributed by atoms with Gasteiger partial charge in [-0.15, -0.1) is 11.8 Å². The van der Waals surface area contributed by atoms with Crippen LogP contribution in [0, 0.1) is 0 Å². The second kappa shape index (κ2) is 31.8. The molecule has 25 nitrogen and oxygen atoms in total. The number of thioether (sulfide) groups is 1. The Morgan fingerprint density at radius 3 is 1.74 bits per heavy atom. The summed E-state index contributed by atoms with van der Waals surface area (Å²) < 4.78 is 4.90. The van der Waals surface area contributed by atoms with Gasteiger partial charge in [0, 0.05) is 37.3 Å². The lowest BCUT2D eigenvalue weighted by molar-refractivity contribution is -0.141. The highest BCUT2D eigenvalue weighted by molar-refractivity contribution is 8.00. The number of rotatable bonds is 17. The number of carboxylic acid groups (broad SMARTS) is 2. The Bertz CT molecular complexity index is 1990. The van der Waals surface area contributed by atoms with Crippen LogP contribution >= 0.6 is 37.0 Å². The quantitative estimate of drug-likeness (QED) is 0.0516. The minimum atomic E-state index is -1.81. The van der Waals surface area contributed by atoms with Crippen molar-refractivity contribution in [2.75, 3.05) is 56.4 Å². The van der Waals surface area contributed by atoms with Gasteiger partial charge in [-0.25, -0.2) is 0 Å². The average molecular weight is 1030 g/mol. The van der Waals surface area contributed by atoms with Crippen molar-refractivity contribution in [2.45, 2.75) is 87.7 Å². The second-order valence-electron chi connectivity index (χ2n) is 15.2. The van der Waals surface area contributed by atoms with Crippen LogP contribution in [0.4, 0.5) is 0 Å². The van der Waals surface area contributed by atoms with E-state index in [0.717, 1.165) is 11.8 Å². The number of carbonyl (C=O) groups excluding carboxylic acids is 10. The Kier molecular flexibility index (Phi) is 27.2. The summed E-state index contributed by atoms with van der Waals surface area (Å²) in [6, 6.07) is -2.65. The number of carboxylic acids is 2. The summed E-state index contributed by atoms with van der Waals surface area (Å²) in [4.78, 5) is 157. The molecule has 1 fully saturated rings. The zero-order valence-electron chi connectivity index (χ0n) is 37.8. The van der Waals surface area contributed by atoms with Crippen molar-refractivity contribution in [2.24, 2.45) is 0 Å². The molecule has 2 rings (SSSR count). The predicted octanol–water partition coefficient (Wildman–Crippen LogP) is -4.64. The first-order valence-corrected chi connectivity index (χ1v) is 23.9. The van der Waals surface area contributed by atoms with Crippen LogP contribution in [0.3, 0.4) is 0 Å². The molecular formula is C41H60N10O15S3. The normalized spacial score (nSPS) is 23.2. The van der Waals surface area contributed by atoms with E-state index in [4.69, 9.17) is 4.74 Å². The van der Waals surface area contributed by atoms with Gasteiger partial charge in [0.15, 0.2) is 0 Å². The van der Waals surface area contributed by atoms with E-state index in [-0.39, 0.29) is 37.5 Å². The van der Waals surface area contributed by atoms with E-state index in [2.05, 4.69) is 78.4 Å².